The Labute approximate surface area is 80.1 Å². The van der Waals surface area contributed by atoms with Crippen molar-refractivity contribution < 1.29 is 0 Å². The van der Waals surface area contributed by atoms with E-state index in [0.717, 1.165) is 6.04 Å². The van der Waals surface area contributed by atoms with Crippen LogP contribution in [0.15, 0.2) is 0 Å². The van der Waals surface area contributed by atoms with Crippen LogP contribution in [0.4, 0.5) is 0 Å². The molecule has 1 aliphatic heterocycles. The van der Waals surface area contributed by atoms with Crippen LogP contribution in [-0.4, -0.2) is 49.1 Å². The molecular weight excluding hydrogens is 168 g/mol. The van der Waals surface area contributed by atoms with Crippen LogP contribution in [0, 0.1) is 0 Å². The third-order valence-electron chi connectivity index (χ3n) is 2.51. The summed E-state index contributed by atoms with van der Waals surface area (Å²) in [7, 11) is 0. The molecule has 0 radical (unpaired) electrons. The standard InChI is InChI=1S/C9H20N2S/c1-9(3-8-12-2)11-6-4-10-5-7-11/h9-10H,3-8H2,1-2H3. The second-order valence-corrected chi connectivity index (χ2v) is 4.40. The average Bonchev–Trinajstić information content (AvgIpc) is 2.15. The Morgan fingerprint density at radius 1 is 1.42 bits per heavy atom. The monoisotopic (exact) mass is 188 g/mol. The quantitative estimate of drug-likeness (QED) is 0.709. The summed E-state index contributed by atoms with van der Waals surface area (Å²) in [5.41, 5.74) is 0. The van der Waals surface area contributed by atoms with E-state index in [1.165, 1.54) is 38.4 Å². The zero-order valence-corrected chi connectivity index (χ0v) is 8.99. The largest absolute Gasteiger partial charge is 0.314 e. The Balaban J connectivity index is 2.15. The molecule has 1 saturated heterocycles. The summed E-state index contributed by atoms with van der Waals surface area (Å²) in [6.07, 6.45) is 3.52. The van der Waals surface area contributed by atoms with Crippen molar-refractivity contribution in [1.29, 1.82) is 0 Å². The number of rotatable bonds is 4. The van der Waals surface area contributed by atoms with Crippen LogP contribution < -0.4 is 5.32 Å². The number of hydrogen-bond donors (Lipinski definition) is 1. The maximum Gasteiger partial charge on any atom is 0.0110 e. The molecule has 0 saturated carbocycles. The number of nitrogens with one attached hydrogen (secondary N) is 1. The normalized spacial score (nSPS) is 22.5. The summed E-state index contributed by atoms with van der Waals surface area (Å²) in [5, 5.41) is 3.38. The molecule has 1 atom stereocenters. The van der Waals surface area contributed by atoms with Crippen molar-refractivity contribution in [1.82, 2.24) is 10.2 Å². The van der Waals surface area contributed by atoms with Gasteiger partial charge in [0.05, 0.1) is 0 Å². The Morgan fingerprint density at radius 2 is 2.08 bits per heavy atom. The van der Waals surface area contributed by atoms with E-state index in [4.69, 9.17) is 0 Å². The van der Waals surface area contributed by atoms with Gasteiger partial charge in [-0.15, -0.1) is 0 Å². The van der Waals surface area contributed by atoms with E-state index >= 15 is 0 Å². The highest BCUT2D eigenvalue weighted by Crippen LogP contribution is 2.08. The Morgan fingerprint density at radius 3 is 2.67 bits per heavy atom. The first kappa shape index (κ1) is 10.4. The van der Waals surface area contributed by atoms with Crippen molar-refractivity contribution in [2.45, 2.75) is 19.4 Å². The highest BCUT2D eigenvalue weighted by Gasteiger charge is 2.15. The van der Waals surface area contributed by atoms with E-state index in [2.05, 4.69) is 23.4 Å². The topological polar surface area (TPSA) is 15.3 Å². The molecule has 12 heavy (non-hydrogen) atoms. The summed E-state index contributed by atoms with van der Waals surface area (Å²) in [5.74, 6) is 1.30. The van der Waals surface area contributed by atoms with Crippen LogP contribution in [-0.2, 0) is 0 Å². The number of nitrogens with zero attached hydrogens (tertiary/aromatic N) is 1. The molecule has 1 fully saturated rings. The first-order valence-corrected chi connectivity index (χ1v) is 6.17. The third-order valence-corrected chi connectivity index (χ3v) is 3.16. The molecule has 0 aliphatic carbocycles. The maximum absolute atomic E-state index is 3.38. The van der Waals surface area contributed by atoms with Crippen molar-refractivity contribution >= 4 is 11.8 Å². The summed E-state index contributed by atoms with van der Waals surface area (Å²) in [4.78, 5) is 2.59. The van der Waals surface area contributed by atoms with Gasteiger partial charge in [-0.05, 0) is 25.4 Å². The molecule has 1 rings (SSSR count). The van der Waals surface area contributed by atoms with Gasteiger partial charge >= 0.3 is 0 Å². The molecule has 72 valence electrons. The predicted molar refractivity (Wildman–Crippen MR) is 56.9 cm³/mol. The van der Waals surface area contributed by atoms with Crippen molar-refractivity contribution in [3.05, 3.63) is 0 Å². The van der Waals surface area contributed by atoms with E-state index in [-0.39, 0.29) is 0 Å². The molecule has 1 unspecified atom stereocenters. The summed E-state index contributed by atoms with van der Waals surface area (Å²) in [6, 6.07) is 0.777. The SMILES string of the molecule is CSCCC(C)N1CCNCC1. The van der Waals surface area contributed by atoms with Crippen LogP contribution in [0.25, 0.3) is 0 Å². The molecule has 1 heterocycles. The number of hydrogen-bond acceptors (Lipinski definition) is 3. The van der Waals surface area contributed by atoms with Crippen LogP contribution in [0.3, 0.4) is 0 Å². The fraction of sp³-hybridized carbons (Fsp3) is 1.00. The van der Waals surface area contributed by atoms with Gasteiger partial charge in [0.2, 0.25) is 0 Å². The van der Waals surface area contributed by atoms with E-state index in [1.54, 1.807) is 0 Å². The number of thioether (sulfide) groups is 1. The minimum atomic E-state index is 0.777. The van der Waals surface area contributed by atoms with Gasteiger partial charge in [0.25, 0.3) is 0 Å². The van der Waals surface area contributed by atoms with Gasteiger partial charge in [-0.3, -0.25) is 4.90 Å². The fourth-order valence-electron chi connectivity index (χ4n) is 1.59. The van der Waals surface area contributed by atoms with Crippen molar-refractivity contribution in [2.75, 3.05) is 38.2 Å². The van der Waals surface area contributed by atoms with E-state index in [1.807, 2.05) is 11.8 Å². The lowest BCUT2D eigenvalue weighted by molar-refractivity contribution is 0.181. The van der Waals surface area contributed by atoms with Gasteiger partial charge in [0, 0.05) is 32.2 Å². The smallest absolute Gasteiger partial charge is 0.0110 e. The van der Waals surface area contributed by atoms with E-state index in [9.17, 15) is 0 Å². The zero-order valence-electron chi connectivity index (χ0n) is 8.18. The lowest BCUT2D eigenvalue weighted by atomic mass is 10.2. The van der Waals surface area contributed by atoms with Gasteiger partial charge in [-0.25, -0.2) is 0 Å². The lowest BCUT2D eigenvalue weighted by Crippen LogP contribution is -2.47. The van der Waals surface area contributed by atoms with Gasteiger partial charge in [0.1, 0.15) is 0 Å². The average molecular weight is 188 g/mol. The molecule has 1 N–H and O–H groups in total. The van der Waals surface area contributed by atoms with Crippen LogP contribution >= 0.6 is 11.8 Å². The maximum atomic E-state index is 3.38. The van der Waals surface area contributed by atoms with Crippen LogP contribution in [0.2, 0.25) is 0 Å². The first-order chi connectivity index (χ1) is 5.84. The van der Waals surface area contributed by atoms with Gasteiger partial charge < -0.3 is 5.32 Å². The lowest BCUT2D eigenvalue weighted by Gasteiger charge is -2.32. The molecule has 0 aromatic heterocycles. The summed E-state index contributed by atoms with van der Waals surface area (Å²) < 4.78 is 0. The molecule has 0 amide bonds. The second-order valence-electron chi connectivity index (χ2n) is 3.42. The minimum absolute atomic E-state index is 0.777. The summed E-state index contributed by atoms with van der Waals surface area (Å²) >= 11 is 1.95. The first-order valence-electron chi connectivity index (χ1n) is 4.78. The highest BCUT2D eigenvalue weighted by molar-refractivity contribution is 7.98. The van der Waals surface area contributed by atoms with Crippen molar-refractivity contribution in [3.63, 3.8) is 0 Å². The molecule has 0 aromatic carbocycles. The Hall–Kier alpha value is 0.270. The molecule has 0 aromatic rings. The van der Waals surface area contributed by atoms with Crippen molar-refractivity contribution in [2.24, 2.45) is 0 Å². The van der Waals surface area contributed by atoms with E-state index in [0.29, 0.717) is 0 Å². The van der Waals surface area contributed by atoms with Gasteiger partial charge in [-0.1, -0.05) is 0 Å². The molecule has 1 aliphatic rings. The van der Waals surface area contributed by atoms with Crippen molar-refractivity contribution in [3.8, 4) is 0 Å². The predicted octanol–water partition coefficient (Wildman–Crippen LogP) is 1.03. The molecular formula is C9H20N2S. The second kappa shape index (κ2) is 5.84. The number of piperazine rings is 1. The zero-order chi connectivity index (χ0) is 8.81. The molecule has 0 bridgehead atoms. The van der Waals surface area contributed by atoms with Gasteiger partial charge in [0.15, 0.2) is 0 Å². The Kier molecular flexibility index (Phi) is 5.04. The van der Waals surface area contributed by atoms with Crippen LogP contribution in [0.1, 0.15) is 13.3 Å². The summed E-state index contributed by atoms with van der Waals surface area (Å²) in [6.45, 7) is 7.15. The Bertz CT molecular complexity index is 113. The minimum Gasteiger partial charge on any atom is -0.314 e. The molecule has 3 heteroatoms. The van der Waals surface area contributed by atoms with Crippen LogP contribution in [0.5, 0.6) is 0 Å². The van der Waals surface area contributed by atoms with Gasteiger partial charge in [-0.2, -0.15) is 11.8 Å². The third kappa shape index (κ3) is 3.33. The molecule has 0 spiro atoms. The highest BCUT2D eigenvalue weighted by atomic mass is 32.2. The molecule has 2 nitrogen and oxygen atoms in total. The van der Waals surface area contributed by atoms with E-state index < -0.39 is 0 Å². The fourth-order valence-corrected chi connectivity index (χ4v) is 2.17.